The molecule has 1 aromatic rings. The van der Waals surface area contributed by atoms with E-state index in [4.69, 9.17) is 0 Å². The Morgan fingerprint density at radius 2 is 2.07 bits per heavy atom. The molecule has 2 rings (SSSR count). The fourth-order valence-electron chi connectivity index (χ4n) is 1.71. The molecule has 0 saturated carbocycles. The van der Waals surface area contributed by atoms with Crippen molar-refractivity contribution in [2.45, 2.75) is 12.7 Å². The Labute approximate surface area is 83.9 Å². The Morgan fingerprint density at radius 3 is 2.79 bits per heavy atom. The first-order chi connectivity index (χ1) is 6.84. The lowest BCUT2D eigenvalue weighted by molar-refractivity contribution is 0.214. The van der Waals surface area contributed by atoms with Crippen LogP contribution in [0.4, 0.5) is 4.39 Å². The van der Waals surface area contributed by atoms with Gasteiger partial charge in [0.2, 0.25) is 0 Å². The third-order valence-electron chi connectivity index (χ3n) is 2.39. The highest BCUT2D eigenvalue weighted by Gasteiger charge is 2.13. The van der Waals surface area contributed by atoms with Gasteiger partial charge in [0.15, 0.2) is 0 Å². The highest BCUT2D eigenvalue weighted by molar-refractivity contribution is 5.15. The standard InChI is InChI=1S/C12H14FN/c13-12-7-4-8-14(10-12)9-11-5-2-1-3-6-11/h1-7,12H,8-10H2. The predicted molar refractivity (Wildman–Crippen MR) is 55.8 cm³/mol. The smallest absolute Gasteiger partial charge is 0.131 e. The Morgan fingerprint density at radius 1 is 1.29 bits per heavy atom. The van der Waals surface area contributed by atoms with Crippen molar-refractivity contribution in [2.75, 3.05) is 13.1 Å². The minimum Gasteiger partial charge on any atom is -0.292 e. The van der Waals surface area contributed by atoms with Crippen LogP contribution >= 0.6 is 0 Å². The van der Waals surface area contributed by atoms with Gasteiger partial charge in [0.1, 0.15) is 6.17 Å². The molecule has 1 heterocycles. The summed E-state index contributed by atoms with van der Waals surface area (Å²) in [5.41, 5.74) is 1.25. The summed E-state index contributed by atoms with van der Waals surface area (Å²) in [4.78, 5) is 2.11. The van der Waals surface area contributed by atoms with E-state index in [1.165, 1.54) is 5.56 Å². The lowest BCUT2D eigenvalue weighted by Crippen LogP contribution is -2.32. The Bertz CT molecular complexity index is 307. The Hall–Kier alpha value is -1.15. The van der Waals surface area contributed by atoms with Gasteiger partial charge in [0.05, 0.1) is 0 Å². The summed E-state index contributed by atoms with van der Waals surface area (Å²) < 4.78 is 13.0. The molecule has 0 amide bonds. The second kappa shape index (κ2) is 4.38. The van der Waals surface area contributed by atoms with Crippen LogP contribution in [0.2, 0.25) is 0 Å². The summed E-state index contributed by atoms with van der Waals surface area (Å²) in [6.07, 6.45) is 2.74. The average Bonchev–Trinajstić information content (AvgIpc) is 2.19. The first-order valence-corrected chi connectivity index (χ1v) is 4.91. The van der Waals surface area contributed by atoms with Crippen molar-refractivity contribution in [1.29, 1.82) is 0 Å². The molecule has 74 valence electrons. The third-order valence-corrected chi connectivity index (χ3v) is 2.39. The minimum atomic E-state index is -0.799. The maximum atomic E-state index is 13.0. The van der Waals surface area contributed by atoms with Gasteiger partial charge in [-0.1, -0.05) is 42.5 Å². The van der Waals surface area contributed by atoms with Crippen molar-refractivity contribution in [2.24, 2.45) is 0 Å². The molecule has 1 aliphatic rings. The van der Waals surface area contributed by atoms with Crippen molar-refractivity contribution < 1.29 is 4.39 Å². The maximum absolute atomic E-state index is 13.0. The van der Waals surface area contributed by atoms with E-state index in [0.717, 1.165) is 13.1 Å². The van der Waals surface area contributed by atoms with E-state index in [1.54, 1.807) is 6.08 Å². The van der Waals surface area contributed by atoms with Gasteiger partial charge in [-0.25, -0.2) is 4.39 Å². The molecule has 1 atom stereocenters. The summed E-state index contributed by atoms with van der Waals surface area (Å²) in [6, 6.07) is 10.2. The quantitative estimate of drug-likeness (QED) is 0.649. The van der Waals surface area contributed by atoms with Crippen LogP contribution in [0.5, 0.6) is 0 Å². The largest absolute Gasteiger partial charge is 0.292 e. The number of rotatable bonds is 2. The van der Waals surface area contributed by atoms with Crippen LogP contribution < -0.4 is 0 Å². The van der Waals surface area contributed by atoms with Gasteiger partial charge >= 0.3 is 0 Å². The summed E-state index contributed by atoms with van der Waals surface area (Å²) in [7, 11) is 0. The first-order valence-electron chi connectivity index (χ1n) is 4.91. The number of hydrogen-bond acceptors (Lipinski definition) is 1. The summed E-state index contributed by atoms with van der Waals surface area (Å²) in [5.74, 6) is 0. The normalized spacial score (nSPS) is 22.5. The SMILES string of the molecule is FC1C=CCN(Cc2ccccc2)C1. The van der Waals surface area contributed by atoms with Crippen molar-refractivity contribution >= 4 is 0 Å². The molecule has 0 saturated heterocycles. The van der Waals surface area contributed by atoms with Gasteiger partial charge in [-0.3, -0.25) is 4.90 Å². The van der Waals surface area contributed by atoms with Gasteiger partial charge < -0.3 is 0 Å². The molecule has 0 bridgehead atoms. The Balaban J connectivity index is 1.96. The fraction of sp³-hybridized carbons (Fsp3) is 0.333. The van der Waals surface area contributed by atoms with E-state index in [-0.39, 0.29) is 0 Å². The fourth-order valence-corrected chi connectivity index (χ4v) is 1.71. The molecule has 14 heavy (non-hydrogen) atoms. The molecular formula is C12H14FN. The Kier molecular flexibility index (Phi) is 2.94. The van der Waals surface area contributed by atoms with E-state index < -0.39 is 6.17 Å². The van der Waals surface area contributed by atoms with Crippen molar-refractivity contribution in [3.05, 3.63) is 48.0 Å². The van der Waals surface area contributed by atoms with Crippen LogP contribution in [-0.2, 0) is 6.54 Å². The second-order valence-corrected chi connectivity index (χ2v) is 3.62. The van der Waals surface area contributed by atoms with E-state index in [2.05, 4.69) is 17.0 Å². The number of hydrogen-bond donors (Lipinski definition) is 0. The minimum absolute atomic E-state index is 0.519. The maximum Gasteiger partial charge on any atom is 0.131 e. The van der Waals surface area contributed by atoms with Crippen LogP contribution in [0.15, 0.2) is 42.5 Å². The molecule has 0 radical (unpaired) electrons. The van der Waals surface area contributed by atoms with Crippen LogP contribution in [-0.4, -0.2) is 24.2 Å². The number of alkyl halides is 1. The molecule has 0 aliphatic carbocycles. The van der Waals surface area contributed by atoms with E-state index >= 15 is 0 Å². The van der Waals surface area contributed by atoms with Gasteiger partial charge in [0, 0.05) is 19.6 Å². The molecule has 1 aromatic carbocycles. The van der Waals surface area contributed by atoms with Crippen molar-refractivity contribution in [1.82, 2.24) is 4.90 Å². The molecular weight excluding hydrogens is 177 g/mol. The summed E-state index contributed by atoms with van der Waals surface area (Å²) >= 11 is 0. The average molecular weight is 191 g/mol. The molecule has 1 nitrogen and oxygen atoms in total. The predicted octanol–water partition coefficient (Wildman–Crippen LogP) is 2.40. The highest BCUT2D eigenvalue weighted by atomic mass is 19.1. The summed E-state index contributed by atoms with van der Waals surface area (Å²) in [6.45, 7) is 2.21. The highest BCUT2D eigenvalue weighted by Crippen LogP contribution is 2.10. The van der Waals surface area contributed by atoms with E-state index in [1.807, 2.05) is 24.3 Å². The first kappa shape index (κ1) is 9.41. The van der Waals surface area contributed by atoms with Gasteiger partial charge in [-0.15, -0.1) is 0 Å². The molecule has 1 unspecified atom stereocenters. The zero-order valence-electron chi connectivity index (χ0n) is 8.07. The van der Waals surface area contributed by atoms with Crippen LogP contribution in [0, 0.1) is 0 Å². The molecule has 0 spiro atoms. The van der Waals surface area contributed by atoms with Gasteiger partial charge in [-0.2, -0.15) is 0 Å². The summed E-state index contributed by atoms with van der Waals surface area (Å²) in [5, 5.41) is 0. The monoisotopic (exact) mass is 191 g/mol. The topological polar surface area (TPSA) is 3.24 Å². The third kappa shape index (κ3) is 2.42. The molecule has 0 N–H and O–H groups in total. The lowest BCUT2D eigenvalue weighted by atomic mass is 10.1. The molecule has 0 fully saturated rings. The van der Waals surface area contributed by atoms with Crippen LogP contribution in [0.3, 0.4) is 0 Å². The van der Waals surface area contributed by atoms with Gasteiger partial charge in [-0.05, 0) is 5.56 Å². The van der Waals surface area contributed by atoms with Gasteiger partial charge in [0.25, 0.3) is 0 Å². The zero-order chi connectivity index (χ0) is 9.80. The van der Waals surface area contributed by atoms with Crippen molar-refractivity contribution in [3.8, 4) is 0 Å². The van der Waals surface area contributed by atoms with Crippen LogP contribution in [0.25, 0.3) is 0 Å². The molecule has 2 heteroatoms. The molecule has 1 aliphatic heterocycles. The number of nitrogens with zero attached hydrogens (tertiary/aromatic N) is 1. The zero-order valence-corrected chi connectivity index (χ0v) is 8.07. The molecule has 0 aromatic heterocycles. The van der Waals surface area contributed by atoms with Crippen molar-refractivity contribution in [3.63, 3.8) is 0 Å². The van der Waals surface area contributed by atoms with E-state index in [9.17, 15) is 4.39 Å². The van der Waals surface area contributed by atoms with Crippen LogP contribution in [0.1, 0.15) is 5.56 Å². The number of benzene rings is 1. The lowest BCUT2D eigenvalue weighted by Gasteiger charge is -2.24. The number of halogens is 1. The van der Waals surface area contributed by atoms with E-state index in [0.29, 0.717) is 6.54 Å². The second-order valence-electron chi connectivity index (χ2n) is 3.62.